The Morgan fingerprint density at radius 3 is 2.48 bits per heavy atom. The number of carboxylic acids is 1. The maximum absolute atomic E-state index is 13.7. The van der Waals surface area contributed by atoms with E-state index in [0.717, 1.165) is 12.1 Å². The Labute approximate surface area is 124 Å². The summed E-state index contributed by atoms with van der Waals surface area (Å²) in [6, 6.07) is -0.356. The molecule has 21 heavy (non-hydrogen) atoms. The van der Waals surface area contributed by atoms with Gasteiger partial charge in [-0.15, -0.1) is 12.4 Å². The number of aromatic carboxylic acids is 1. The van der Waals surface area contributed by atoms with Crippen LogP contribution in [0.5, 0.6) is 5.75 Å². The molecule has 0 saturated heterocycles. The van der Waals surface area contributed by atoms with Crippen molar-refractivity contribution in [2.45, 2.75) is 19.1 Å². The Balaban J connectivity index is 0.00000400. The van der Waals surface area contributed by atoms with E-state index in [0.29, 0.717) is 0 Å². The van der Waals surface area contributed by atoms with E-state index >= 15 is 0 Å². The summed E-state index contributed by atoms with van der Waals surface area (Å²) >= 11 is 0. The van der Waals surface area contributed by atoms with Crippen LogP contribution in [0, 0.1) is 5.82 Å². The lowest BCUT2D eigenvalue weighted by Gasteiger charge is -2.18. The number of carbonyl (C=O) groups excluding carboxylic acids is 1. The monoisotopic (exact) mass is 325 g/mol. The summed E-state index contributed by atoms with van der Waals surface area (Å²) < 4.78 is 31.7. The van der Waals surface area contributed by atoms with Crippen molar-refractivity contribution in [2.24, 2.45) is 5.73 Å². The topological polar surface area (TPSA) is 110 Å². The van der Waals surface area contributed by atoms with E-state index in [1.165, 1.54) is 6.92 Å². The summed E-state index contributed by atoms with van der Waals surface area (Å²) in [6.45, 7) is 1.34. The molecule has 1 aromatic carbocycles. The third-order valence-corrected chi connectivity index (χ3v) is 2.55. The number of hydrogen-bond donors (Lipinski definition) is 3. The van der Waals surface area contributed by atoms with Crippen LogP contribution in [0.1, 0.15) is 28.9 Å². The quantitative estimate of drug-likeness (QED) is 0.709. The molecule has 1 unspecified atom stereocenters. The first-order valence-corrected chi connectivity index (χ1v) is 5.62. The molecule has 4 N–H and O–H groups in total. The summed E-state index contributed by atoms with van der Waals surface area (Å²) in [5, 5.41) is 18.4. The molecule has 118 valence electrons. The number of phenols is 1. The van der Waals surface area contributed by atoms with E-state index in [1.54, 1.807) is 0 Å². The maximum Gasteiger partial charge on any atom is 0.342 e. The number of benzene rings is 1. The van der Waals surface area contributed by atoms with Crippen LogP contribution in [-0.4, -0.2) is 34.9 Å². The Bertz CT molecular complexity index is 541. The molecule has 9 heteroatoms. The largest absolute Gasteiger partial charge is 0.507 e. The average molecular weight is 326 g/mol. The van der Waals surface area contributed by atoms with Crippen molar-refractivity contribution in [2.75, 3.05) is 6.61 Å². The van der Waals surface area contributed by atoms with Gasteiger partial charge in [0.05, 0.1) is 18.2 Å². The van der Waals surface area contributed by atoms with Crippen molar-refractivity contribution >= 4 is 24.3 Å². The lowest BCUT2D eigenvalue weighted by molar-refractivity contribution is -0.150. The normalized spacial score (nSPS) is 13.0. The van der Waals surface area contributed by atoms with Crippen LogP contribution in [0.3, 0.4) is 0 Å². The Morgan fingerprint density at radius 1 is 1.43 bits per heavy atom. The molecule has 0 radical (unpaired) electrons. The summed E-state index contributed by atoms with van der Waals surface area (Å²) in [7, 11) is 0. The zero-order chi connectivity index (χ0) is 15.4. The van der Waals surface area contributed by atoms with Gasteiger partial charge in [-0.3, -0.25) is 0 Å². The van der Waals surface area contributed by atoms with E-state index < -0.39 is 46.8 Å². The predicted molar refractivity (Wildman–Crippen MR) is 70.7 cm³/mol. The number of aromatic hydroxyl groups is 1. The number of carboxylic acid groups (broad SMARTS) is 1. The summed E-state index contributed by atoms with van der Waals surface area (Å²) in [5.41, 5.74) is 3.94. The van der Waals surface area contributed by atoms with Gasteiger partial charge in [0.2, 0.25) is 6.17 Å². The fraction of sp³-hybridized carbons (Fsp3) is 0.333. The van der Waals surface area contributed by atoms with E-state index in [4.69, 9.17) is 10.8 Å². The molecule has 2 atom stereocenters. The zero-order valence-corrected chi connectivity index (χ0v) is 11.7. The summed E-state index contributed by atoms with van der Waals surface area (Å²) in [4.78, 5) is 22.0. The fourth-order valence-electron chi connectivity index (χ4n) is 1.59. The fourth-order valence-corrected chi connectivity index (χ4v) is 1.59. The van der Waals surface area contributed by atoms with Crippen LogP contribution in [0.4, 0.5) is 8.78 Å². The van der Waals surface area contributed by atoms with Crippen LogP contribution in [0.2, 0.25) is 0 Å². The smallest absolute Gasteiger partial charge is 0.342 e. The summed E-state index contributed by atoms with van der Waals surface area (Å²) in [6.07, 6.45) is -2.43. The second-order valence-electron chi connectivity index (χ2n) is 3.84. The molecule has 0 fully saturated rings. The van der Waals surface area contributed by atoms with Crippen LogP contribution in [0.15, 0.2) is 12.1 Å². The van der Waals surface area contributed by atoms with Gasteiger partial charge in [0, 0.05) is 0 Å². The molecule has 0 spiro atoms. The number of alkyl halides is 1. The molecular formula is C12H14ClF2NO5. The van der Waals surface area contributed by atoms with Crippen molar-refractivity contribution in [1.82, 2.24) is 0 Å². The number of ether oxygens (including phenoxy) is 1. The first kappa shape index (κ1) is 19.1. The Hall–Kier alpha value is -1.93. The first-order chi connectivity index (χ1) is 9.31. The highest BCUT2D eigenvalue weighted by Gasteiger charge is 2.33. The van der Waals surface area contributed by atoms with E-state index in [1.807, 2.05) is 0 Å². The van der Waals surface area contributed by atoms with Gasteiger partial charge in [-0.1, -0.05) is 0 Å². The van der Waals surface area contributed by atoms with E-state index in [2.05, 4.69) is 4.74 Å². The number of halogens is 3. The van der Waals surface area contributed by atoms with Crippen molar-refractivity contribution in [1.29, 1.82) is 0 Å². The summed E-state index contributed by atoms with van der Waals surface area (Å²) in [5.74, 6) is -4.99. The number of rotatable bonds is 5. The second-order valence-corrected chi connectivity index (χ2v) is 3.84. The third-order valence-electron chi connectivity index (χ3n) is 2.55. The average Bonchev–Trinajstić information content (AvgIpc) is 2.37. The van der Waals surface area contributed by atoms with Gasteiger partial charge in [0.1, 0.15) is 17.1 Å². The van der Waals surface area contributed by atoms with Crippen molar-refractivity contribution in [3.05, 3.63) is 29.1 Å². The number of nitrogens with two attached hydrogens (primary N) is 1. The molecule has 0 bridgehead atoms. The van der Waals surface area contributed by atoms with Gasteiger partial charge in [0.15, 0.2) is 0 Å². The highest BCUT2D eigenvalue weighted by molar-refractivity contribution is 5.91. The van der Waals surface area contributed by atoms with Crippen molar-refractivity contribution < 1.29 is 33.3 Å². The van der Waals surface area contributed by atoms with Gasteiger partial charge >= 0.3 is 11.9 Å². The molecule has 1 aromatic rings. The first-order valence-electron chi connectivity index (χ1n) is 5.62. The molecule has 0 aliphatic carbocycles. The molecule has 0 aromatic heterocycles. The van der Waals surface area contributed by atoms with Crippen LogP contribution >= 0.6 is 12.4 Å². The maximum atomic E-state index is 13.7. The lowest BCUT2D eigenvalue weighted by atomic mass is 9.98. The number of carbonyl (C=O) groups is 2. The highest BCUT2D eigenvalue weighted by atomic mass is 35.5. The predicted octanol–water partition coefficient (Wildman–Crippen LogP) is 1.55. The molecule has 1 rings (SSSR count). The zero-order valence-electron chi connectivity index (χ0n) is 10.9. The molecule has 6 nitrogen and oxygen atoms in total. The van der Waals surface area contributed by atoms with Gasteiger partial charge < -0.3 is 20.7 Å². The lowest BCUT2D eigenvalue weighted by Crippen LogP contribution is -2.32. The van der Waals surface area contributed by atoms with Crippen molar-refractivity contribution in [3.8, 4) is 5.75 Å². The number of esters is 1. The second kappa shape index (κ2) is 7.75. The minimum absolute atomic E-state index is 0. The minimum atomic E-state index is -2.43. The molecule has 0 heterocycles. The third kappa shape index (κ3) is 4.02. The van der Waals surface area contributed by atoms with Crippen LogP contribution in [0.25, 0.3) is 0 Å². The Kier molecular flexibility index (Phi) is 7.04. The standard InChI is InChI=1S/C12H13F2NO5.ClH/c1-2-20-12(19)8(14)9(15)7-6(13)4-3-5(10(7)16)11(17)18;/h3-4,8-9,16H,2,15H2,1H3,(H,17,18);1H/t8?,9-;/m1./s1. The van der Waals surface area contributed by atoms with Gasteiger partial charge in [-0.05, 0) is 19.1 Å². The van der Waals surface area contributed by atoms with Crippen LogP contribution in [-0.2, 0) is 9.53 Å². The highest BCUT2D eigenvalue weighted by Crippen LogP contribution is 2.32. The number of hydrogen-bond acceptors (Lipinski definition) is 5. The van der Waals surface area contributed by atoms with Crippen molar-refractivity contribution in [3.63, 3.8) is 0 Å². The molecule has 0 saturated carbocycles. The molecule has 0 aliphatic rings. The molecular weight excluding hydrogens is 312 g/mol. The van der Waals surface area contributed by atoms with E-state index in [-0.39, 0.29) is 19.0 Å². The van der Waals surface area contributed by atoms with E-state index in [9.17, 15) is 23.5 Å². The SMILES string of the molecule is CCOC(=O)C(F)[C@H](N)c1c(F)ccc(C(=O)O)c1O.Cl. The van der Waals surface area contributed by atoms with Gasteiger partial charge in [-0.25, -0.2) is 18.4 Å². The van der Waals surface area contributed by atoms with Crippen LogP contribution < -0.4 is 5.73 Å². The van der Waals surface area contributed by atoms with Gasteiger partial charge in [0.25, 0.3) is 0 Å². The Morgan fingerprint density at radius 2 is 2.00 bits per heavy atom. The molecule has 0 aliphatic heterocycles. The van der Waals surface area contributed by atoms with Gasteiger partial charge in [-0.2, -0.15) is 0 Å². The minimum Gasteiger partial charge on any atom is -0.507 e. The molecule has 0 amide bonds.